The second-order valence-electron chi connectivity index (χ2n) is 11.8. The highest BCUT2D eigenvalue weighted by atomic mass is 19.2. The van der Waals surface area contributed by atoms with Crippen LogP contribution in [0.3, 0.4) is 0 Å². The molecule has 0 saturated heterocycles. The van der Waals surface area contributed by atoms with E-state index in [0.717, 1.165) is 26.4 Å². The van der Waals surface area contributed by atoms with Crippen LogP contribution >= 0.6 is 0 Å². The van der Waals surface area contributed by atoms with Crippen LogP contribution < -0.4 is 10.6 Å². The molecule has 0 spiro atoms. The van der Waals surface area contributed by atoms with Gasteiger partial charge in [0.05, 0.1) is 59.7 Å². The summed E-state index contributed by atoms with van der Waals surface area (Å²) in [6.45, 7) is 0.170. The number of carbonyl (C=O) groups excluding carboxylic acids is 4. The Morgan fingerprint density at radius 3 is 1.42 bits per heavy atom. The van der Waals surface area contributed by atoms with E-state index in [1.54, 1.807) is 13.8 Å². The maximum absolute atomic E-state index is 14.3. The van der Waals surface area contributed by atoms with Gasteiger partial charge in [-0.05, 0) is 37.1 Å². The van der Waals surface area contributed by atoms with Crippen LogP contribution in [0, 0.1) is 11.6 Å². The zero-order chi connectivity index (χ0) is 38.0. The minimum Gasteiger partial charge on any atom is -0.466 e. The molecule has 276 valence electrons. The van der Waals surface area contributed by atoms with Gasteiger partial charge in [-0.1, -0.05) is 24.3 Å². The first kappa shape index (κ1) is 37.7. The van der Waals surface area contributed by atoms with Crippen molar-refractivity contribution in [1.29, 1.82) is 0 Å². The smallest absolute Gasteiger partial charge is 0.337 e. The average molecular weight is 735 g/mol. The zero-order valence-electron chi connectivity index (χ0n) is 28.1. The van der Waals surface area contributed by atoms with Gasteiger partial charge in [0.2, 0.25) is 0 Å². The van der Waals surface area contributed by atoms with E-state index in [2.05, 4.69) is 10.6 Å². The maximum atomic E-state index is 14.3. The van der Waals surface area contributed by atoms with Crippen LogP contribution in [0.25, 0.3) is 0 Å². The Labute approximate surface area is 293 Å². The minimum absolute atomic E-state index is 0.0113. The first-order valence-corrected chi connectivity index (χ1v) is 15.7. The number of halogens is 6. The number of hydrogen-bond acceptors (Lipinski definition) is 10. The van der Waals surface area contributed by atoms with Crippen LogP contribution in [0.4, 0.5) is 26.3 Å². The fraction of sp³-hybridized carbons (Fsp3) is 0.333. The Balaban J connectivity index is 0.000000201. The summed E-state index contributed by atoms with van der Waals surface area (Å²) in [6.07, 6.45) is -4.47. The van der Waals surface area contributed by atoms with E-state index in [-0.39, 0.29) is 46.6 Å². The van der Waals surface area contributed by atoms with Crippen LogP contribution in [0.15, 0.2) is 81.5 Å². The predicted molar refractivity (Wildman–Crippen MR) is 170 cm³/mol. The summed E-state index contributed by atoms with van der Waals surface area (Å²) >= 11 is 0. The van der Waals surface area contributed by atoms with E-state index in [4.69, 9.17) is 18.9 Å². The number of rotatable bonds is 8. The molecule has 0 radical (unpaired) electrons. The van der Waals surface area contributed by atoms with Gasteiger partial charge in [-0.15, -0.1) is 0 Å². The van der Waals surface area contributed by atoms with E-state index in [1.165, 1.54) is 24.3 Å². The van der Waals surface area contributed by atoms with Crippen molar-refractivity contribution in [2.24, 2.45) is 0 Å². The van der Waals surface area contributed by atoms with E-state index < -0.39 is 84.2 Å². The second kappa shape index (κ2) is 15.4. The van der Waals surface area contributed by atoms with E-state index in [9.17, 15) is 45.5 Å². The lowest BCUT2D eigenvalue weighted by atomic mass is 9.78. The van der Waals surface area contributed by atoms with Crippen LogP contribution in [-0.2, 0) is 38.1 Å². The van der Waals surface area contributed by atoms with E-state index in [0.29, 0.717) is 22.8 Å². The van der Waals surface area contributed by atoms with Crippen LogP contribution in [0.5, 0.6) is 0 Å². The number of ether oxygens (including phenoxy) is 4. The third kappa shape index (κ3) is 6.64. The summed E-state index contributed by atoms with van der Waals surface area (Å²) in [5.74, 6) is -7.11. The van der Waals surface area contributed by atoms with Crippen LogP contribution in [-0.4, -0.2) is 64.7 Å². The lowest BCUT2D eigenvalue weighted by Gasteiger charge is -2.29. The third-order valence-electron chi connectivity index (χ3n) is 8.93. The second-order valence-corrected chi connectivity index (χ2v) is 11.8. The molecule has 4 aliphatic rings. The van der Waals surface area contributed by atoms with Crippen molar-refractivity contribution in [1.82, 2.24) is 10.6 Å². The van der Waals surface area contributed by atoms with Gasteiger partial charge < -0.3 is 29.6 Å². The lowest BCUT2D eigenvalue weighted by Crippen LogP contribution is -2.30. The number of cyclic esters (lactones) is 2. The molecule has 2 aromatic carbocycles. The third-order valence-corrected chi connectivity index (χ3v) is 8.93. The van der Waals surface area contributed by atoms with Crippen molar-refractivity contribution in [3.05, 3.63) is 115 Å². The summed E-state index contributed by atoms with van der Waals surface area (Å²) < 4.78 is 103. The number of alkyl halides is 4. The monoisotopic (exact) mass is 734 g/mol. The molecule has 0 aliphatic carbocycles. The Morgan fingerprint density at radius 2 is 1.10 bits per heavy atom. The highest BCUT2D eigenvalue weighted by Crippen LogP contribution is 2.46. The summed E-state index contributed by atoms with van der Waals surface area (Å²) in [6, 6.07) is 7.35. The summed E-state index contributed by atoms with van der Waals surface area (Å²) in [7, 11) is 2.31. The van der Waals surface area contributed by atoms with E-state index in [1.807, 2.05) is 0 Å². The molecule has 0 amide bonds. The quantitative estimate of drug-likeness (QED) is 0.204. The molecule has 0 unspecified atom stereocenters. The van der Waals surface area contributed by atoms with Gasteiger partial charge in [0.1, 0.15) is 38.2 Å². The van der Waals surface area contributed by atoms with Crippen molar-refractivity contribution in [3.8, 4) is 0 Å². The highest BCUT2D eigenvalue weighted by Gasteiger charge is 2.45. The Kier molecular flexibility index (Phi) is 11.1. The first-order chi connectivity index (χ1) is 24.8. The number of dihydropyridines is 2. The molecule has 0 fully saturated rings. The first-order valence-electron chi connectivity index (χ1n) is 15.7. The Hall–Kier alpha value is -5.54. The predicted octanol–water partition coefficient (Wildman–Crippen LogP) is 5.50. The van der Waals surface area contributed by atoms with Gasteiger partial charge >= 0.3 is 23.9 Å². The van der Waals surface area contributed by atoms with Crippen molar-refractivity contribution < 1.29 is 64.5 Å². The normalized spacial score (nSPS) is 20.5. The molecule has 4 atom stereocenters. The molecule has 4 aliphatic heterocycles. The van der Waals surface area contributed by atoms with Crippen molar-refractivity contribution in [2.75, 3.05) is 40.8 Å². The number of esters is 4. The fourth-order valence-corrected chi connectivity index (χ4v) is 6.74. The molecule has 2 N–H and O–H groups in total. The van der Waals surface area contributed by atoms with Crippen molar-refractivity contribution >= 4 is 23.9 Å². The number of benzene rings is 2. The molecule has 0 aromatic heterocycles. The van der Waals surface area contributed by atoms with Gasteiger partial charge in [-0.2, -0.15) is 0 Å². The van der Waals surface area contributed by atoms with E-state index >= 15 is 0 Å². The fourth-order valence-electron chi connectivity index (χ4n) is 6.74. The molecule has 52 heavy (non-hydrogen) atoms. The van der Waals surface area contributed by atoms with Gasteiger partial charge in [0.15, 0.2) is 12.3 Å². The van der Waals surface area contributed by atoms with Gasteiger partial charge in [0.25, 0.3) is 0 Å². The average Bonchev–Trinajstić information content (AvgIpc) is 3.69. The molecule has 4 heterocycles. The molecule has 16 heteroatoms. The van der Waals surface area contributed by atoms with Gasteiger partial charge in [-0.25, -0.2) is 45.5 Å². The Morgan fingerprint density at radius 1 is 0.731 bits per heavy atom. The molecule has 0 saturated carbocycles. The number of methoxy groups -OCH3 is 2. The van der Waals surface area contributed by atoms with Crippen LogP contribution in [0.1, 0.15) is 60.3 Å². The molecule has 2 aromatic rings. The molecule has 0 bridgehead atoms. The standard InChI is InChI=1S/2C18H16F3NO4/c2*1-8-13(17(23)25-2)15(16-12(22-8)7-26-18(16)24)9-4-3-5-10(20)14(9)11(21)6-19/h2*3-5,11,15,22H,6-7H2,1-2H3/t11-,15+;11-,15-/m10/s1. The molecular formula is C36H32F6N2O8. The topological polar surface area (TPSA) is 129 Å². The van der Waals surface area contributed by atoms with Crippen LogP contribution in [0.2, 0.25) is 0 Å². The van der Waals surface area contributed by atoms with Crippen molar-refractivity contribution in [3.63, 3.8) is 0 Å². The summed E-state index contributed by atoms with van der Waals surface area (Å²) in [4.78, 5) is 49.1. The highest BCUT2D eigenvalue weighted by molar-refractivity contribution is 6.02. The SMILES string of the molecule is COC(=O)C1=C(C)NC2=C(C(=O)OC2)[C@H]1c1cccc(F)c1[C@@H](F)CF.COC(=O)C1=C(C)NC2=C(C(=O)OC2)[C@H]1c1cccc(F)c1[C@H](F)CF. The Bertz CT molecular complexity index is 1830. The molecule has 6 rings (SSSR count). The number of allylic oxidation sites excluding steroid dienone is 2. The number of hydrogen-bond donors (Lipinski definition) is 2. The molecular weight excluding hydrogens is 702 g/mol. The lowest BCUT2D eigenvalue weighted by molar-refractivity contribution is -0.138. The van der Waals surface area contributed by atoms with Gasteiger partial charge in [0, 0.05) is 22.5 Å². The number of carbonyl (C=O) groups is 4. The van der Waals surface area contributed by atoms with Gasteiger partial charge in [-0.3, -0.25) is 0 Å². The largest absolute Gasteiger partial charge is 0.466 e. The maximum Gasteiger partial charge on any atom is 0.337 e. The summed E-state index contributed by atoms with van der Waals surface area (Å²) in [5, 5.41) is 5.80. The molecule has 10 nitrogen and oxygen atoms in total. The summed E-state index contributed by atoms with van der Waals surface area (Å²) in [5.41, 5.74) is 0.617. The number of nitrogens with one attached hydrogen (secondary N) is 2. The minimum atomic E-state index is -2.23. The van der Waals surface area contributed by atoms with Crippen molar-refractivity contribution in [2.45, 2.75) is 38.0 Å². The zero-order valence-corrected chi connectivity index (χ0v) is 28.1.